The Balaban J connectivity index is 2.63. The van der Waals surface area contributed by atoms with E-state index in [9.17, 15) is 4.79 Å². The summed E-state index contributed by atoms with van der Waals surface area (Å²) in [4.78, 5) is 10.8. The first-order valence-corrected chi connectivity index (χ1v) is 4.64. The van der Waals surface area contributed by atoms with Gasteiger partial charge in [-0.15, -0.1) is 0 Å². The fourth-order valence-electron chi connectivity index (χ4n) is 0.902. The highest BCUT2D eigenvalue weighted by Gasteiger charge is 2.01. The van der Waals surface area contributed by atoms with Gasteiger partial charge in [-0.05, 0) is 18.2 Å². The summed E-state index contributed by atoms with van der Waals surface area (Å²) in [5.41, 5.74) is 0.688. The molecule has 3 nitrogen and oxygen atoms in total. The molecule has 0 aromatic heterocycles. The SMILES string of the molecule is COC(=O)CNc1cc(Cl)cc(Cl)c1. The Morgan fingerprint density at radius 2 is 1.93 bits per heavy atom. The fourth-order valence-corrected chi connectivity index (χ4v) is 1.43. The van der Waals surface area contributed by atoms with E-state index in [4.69, 9.17) is 23.2 Å². The van der Waals surface area contributed by atoms with Crippen LogP contribution in [0.2, 0.25) is 10.0 Å². The number of esters is 1. The van der Waals surface area contributed by atoms with E-state index < -0.39 is 0 Å². The van der Waals surface area contributed by atoms with Crippen molar-refractivity contribution in [1.82, 2.24) is 0 Å². The first kappa shape index (κ1) is 11.1. The quantitative estimate of drug-likeness (QED) is 0.817. The number of carbonyl (C=O) groups excluding carboxylic acids is 1. The average Bonchev–Trinajstić information content (AvgIpc) is 2.12. The van der Waals surface area contributed by atoms with Crippen LogP contribution in [0.3, 0.4) is 0 Å². The summed E-state index contributed by atoms with van der Waals surface area (Å²) in [6.07, 6.45) is 0. The molecule has 0 aliphatic carbocycles. The third kappa shape index (κ3) is 3.44. The number of carbonyl (C=O) groups is 1. The first-order valence-electron chi connectivity index (χ1n) is 3.88. The molecular weight excluding hydrogens is 225 g/mol. The van der Waals surface area contributed by atoms with Crippen molar-refractivity contribution in [3.05, 3.63) is 28.2 Å². The van der Waals surface area contributed by atoms with E-state index >= 15 is 0 Å². The van der Waals surface area contributed by atoms with Crippen LogP contribution in [0.15, 0.2) is 18.2 Å². The molecule has 0 saturated carbocycles. The summed E-state index contributed by atoms with van der Waals surface area (Å²) in [5, 5.41) is 3.87. The standard InChI is InChI=1S/C9H9Cl2NO2/c1-14-9(13)5-12-8-3-6(10)2-7(11)4-8/h2-4,12H,5H2,1H3. The number of hydrogen-bond donors (Lipinski definition) is 1. The molecule has 5 heteroatoms. The van der Waals surface area contributed by atoms with Crippen LogP contribution in [0.4, 0.5) is 5.69 Å². The zero-order valence-corrected chi connectivity index (χ0v) is 9.02. The van der Waals surface area contributed by atoms with E-state index in [1.54, 1.807) is 18.2 Å². The van der Waals surface area contributed by atoms with Gasteiger partial charge in [0.05, 0.1) is 7.11 Å². The molecule has 76 valence electrons. The maximum absolute atomic E-state index is 10.8. The molecule has 0 amide bonds. The molecule has 0 atom stereocenters. The number of ether oxygens (including phenoxy) is 1. The van der Waals surface area contributed by atoms with Gasteiger partial charge in [0.15, 0.2) is 0 Å². The van der Waals surface area contributed by atoms with Crippen molar-refractivity contribution < 1.29 is 9.53 Å². The van der Waals surface area contributed by atoms with E-state index in [-0.39, 0.29) is 12.5 Å². The Kier molecular flexibility index (Phi) is 4.04. The summed E-state index contributed by atoms with van der Waals surface area (Å²) >= 11 is 11.5. The van der Waals surface area contributed by atoms with Crippen LogP contribution in [0.5, 0.6) is 0 Å². The van der Waals surface area contributed by atoms with Gasteiger partial charge in [-0.3, -0.25) is 4.79 Å². The molecule has 1 aromatic carbocycles. The van der Waals surface area contributed by atoms with E-state index in [1.165, 1.54) is 7.11 Å². The van der Waals surface area contributed by atoms with Crippen LogP contribution < -0.4 is 5.32 Å². The van der Waals surface area contributed by atoms with Crippen molar-refractivity contribution in [3.8, 4) is 0 Å². The van der Waals surface area contributed by atoms with Crippen LogP contribution in [0.1, 0.15) is 0 Å². The van der Waals surface area contributed by atoms with Crippen LogP contribution in [0, 0.1) is 0 Å². The van der Waals surface area contributed by atoms with Crippen molar-refractivity contribution >= 4 is 34.9 Å². The summed E-state index contributed by atoms with van der Waals surface area (Å²) < 4.78 is 4.47. The van der Waals surface area contributed by atoms with Crippen LogP contribution in [-0.4, -0.2) is 19.6 Å². The average molecular weight is 234 g/mol. The molecule has 0 radical (unpaired) electrons. The maximum Gasteiger partial charge on any atom is 0.325 e. The summed E-state index contributed by atoms with van der Waals surface area (Å²) in [6.45, 7) is 0.0904. The number of anilines is 1. The first-order chi connectivity index (χ1) is 6.61. The second-order valence-corrected chi connectivity index (χ2v) is 3.46. The minimum absolute atomic E-state index is 0.0904. The minimum atomic E-state index is -0.346. The second-order valence-electron chi connectivity index (χ2n) is 2.59. The molecule has 1 N–H and O–H groups in total. The predicted octanol–water partition coefficient (Wildman–Crippen LogP) is 2.58. The van der Waals surface area contributed by atoms with Gasteiger partial charge in [0, 0.05) is 15.7 Å². The molecule has 0 bridgehead atoms. The normalized spacial score (nSPS) is 9.64. The number of benzene rings is 1. The van der Waals surface area contributed by atoms with Gasteiger partial charge < -0.3 is 10.1 Å². The topological polar surface area (TPSA) is 38.3 Å². The molecule has 1 rings (SSSR count). The number of halogens is 2. The molecule has 0 saturated heterocycles. The number of nitrogens with one attached hydrogen (secondary N) is 1. The Hall–Kier alpha value is -0.930. The lowest BCUT2D eigenvalue weighted by atomic mass is 10.3. The fraction of sp³-hybridized carbons (Fsp3) is 0.222. The summed E-state index contributed by atoms with van der Waals surface area (Å²) in [5.74, 6) is -0.346. The zero-order valence-electron chi connectivity index (χ0n) is 7.51. The van der Waals surface area contributed by atoms with Gasteiger partial charge in [-0.2, -0.15) is 0 Å². The van der Waals surface area contributed by atoms with Crippen molar-refractivity contribution in [1.29, 1.82) is 0 Å². The lowest BCUT2D eigenvalue weighted by molar-refractivity contribution is -0.138. The van der Waals surface area contributed by atoms with E-state index in [0.717, 1.165) is 0 Å². The predicted molar refractivity (Wildman–Crippen MR) is 57.0 cm³/mol. The third-order valence-corrected chi connectivity index (χ3v) is 1.96. The molecule has 0 spiro atoms. The largest absolute Gasteiger partial charge is 0.468 e. The molecule has 1 aromatic rings. The highest BCUT2D eigenvalue weighted by molar-refractivity contribution is 6.35. The van der Waals surface area contributed by atoms with Crippen LogP contribution in [0.25, 0.3) is 0 Å². The molecule has 14 heavy (non-hydrogen) atoms. The smallest absolute Gasteiger partial charge is 0.325 e. The summed E-state index contributed by atoms with van der Waals surface area (Å²) in [7, 11) is 1.33. The zero-order chi connectivity index (χ0) is 10.6. The molecule has 0 aliphatic heterocycles. The molecule has 0 aliphatic rings. The molecule has 0 unspecified atom stereocenters. The number of rotatable bonds is 3. The lowest BCUT2D eigenvalue weighted by Crippen LogP contribution is -2.14. The van der Waals surface area contributed by atoms with Gasteiger partial charge >= 0.3 is 5.97 Å². The molecule has 0 heterocycles. The molecular formula is C9H9Cl2NO2. The Labute approximate surface area is 92.0 Å². The van der Waals surface area contributed by atoms with E-state index in [1.807, 2.05) is 0 Å². The Bertz CT molecular complexity index is 321. The van der Waals surface area contributed by atoms with Crippen molar-refractivity contribution in [2.45, 2.75) is 0 Å². The third-order valence-electron chi connectivity index (χ3n) is 1.53. The highest BCUT2D eigenvalue weighted by atomic mass is 35.5. The Morgan fingerprint density at radius 3 is 2.43 bits per heavy atom. The van der Waals surface area contributed by atoms with Gasteiger partial charge in [0.1, 0.15) is 6.54 Å². The van der Waals surface area contributed by atoms with Gasteiger partial charge in [-0.25, -0.2) is 0 Å². The highest BCUT2D eigenvalue weighted by Crippen LogP contribution is 2.22. The van der Waals surface area contributed by atoms with Gasteiger partial charge in [0.2, 0.25) is 0 Å². The monoisotopic (exact) mass is 233 g/mol. The second kappa shape index (κ2) is 5.08. The van der Waals surface area contributed by atoms with Crippen LogP contribution >= 0.6 is 23.2 Å². The van der Waals surface area contributed by atoms with E-state index in [2.05, 4.69) is 10.1 Å². The van der Waals surface area contributed by atoms with Crippen LogP contribution in [-0.2, 0) is 9.53 Å². The van der Waals surface area contributed by atoms with Gasteiger partial charge in [-0.1, -0.05) is 23.2 Å². The number of hydrogen-bond acceptors (Lipinski definition) is 3. The maximum atomic E-state index is 10.8. The Morgan fingerprint density at radius 1 is 1.36 bits per heavy atom. The lowest BCUT2D eigenvalue weighted by Gasteiger charge is -2.05. The van der Waals surface area contributed by atoms with Crippen molar-refractivity contribution in [3.63, 3.8) is 0 Å². The van der Waals surface area contributed by atoms with Crippen molar-refractivity contribution in [2.75, 3.05) is 19.0 Å². The van der Waals surface area contributed by atoms with Crippen molar-refractivity contribution in [2.24, 2.45) is 0 Å². The summed E-state index contributed by atoms with van der Waals surface area (Å²) in [6, 6.07) is 4.97. The number of methoxy groups -OCH3 is 1. The van der Waals surface area contributed by atoms with Gasteiger partial charge in [0.25, 0.3) is 0 Å². The van der Waals surface area contributed by atoms with E-state index in [0.29, 0.717) is 15.7 Å². The minimum Gasteiger partial charge on any atom is -0.468 e. The molecule has 0 fully saturated rings.